The van der Waals surface area contributed by atoms with E-state index in [9.17, 15) is 10.2 Å². The molecule has 0 bridgehead atoms. The Morgan fingerprint density at radius 3 is 1.95 bits per heavy atom. The quantitative estimate of drug-likeness (QED) is 0.632. The van der Waals surface area contributed by atoms with Crippen LogP contribution in [-0.2, 0) is 0 Å². The van der Waals surface area contributed by atoms with E-state index in [0.29, 0.717) is 0 Å². The van der Waals surface area contributed by atoms with Crippen molar-refractivity contribution in [3.05, 3.63) is 72.3 Å². The molecular weight excluding hydrogens is 236 g/mol. The summed E-state index contributed by atoms with van der Waals surface area (Å²) in [6, 6.07) is 14.1. The second kappa shape index (κ2) is 5.91. The topological polar surface area (TPSA) is 40.5 Å². The van der Waals surface area contributed by atoms with Crippen LogP contribution in [0.1, 0.15) is 17.5 Å². The lowest BCUT2D eigenvalue weighted by Crippen LogP contribution is -1.83. The third kappa shape index (κ3) is 3.49. The zero-order chi connectivity index (χ0) is 13.7. The normalized spacial score (nSPS) is 11.3. The Labute approximate surface area is 113 Å². The van der Waals surface area contributed by atoms with Gasteiger partial charge in [0.1, 0.15) is 11.5 Å². The summed E-state index contributed by atoms with van der Waals surface area (Å²) in [6.45, 7) is 3.77. The molecule has 0 saturated heterocycles. The summed E-state index contributed by atoms with van der Waals surface area (Å²) in [4.78, 5) is 0. The maximum Gasteiger partial charge on any atom is 0.115 e. The molecule has 2 aromatic carbocycles. The molecular formula is C17H16O2. The van der Waals surface area contributed by atoms with Gasteiger partial charge in [0, 0.05) is 0 Å². The van der Waals surface area contributed by atoms with Crippen molar-refractivity contribution < 1.29 is 10.2 Å². The van der Waals surface area contributed by atoms with Crippen LogP contribution in [0.2, 0.25) is 0 Å². The highest BCUT2D eigenvalue weighted by atomic mass is 16.3. The first-order valence-electron chi connectivity index (χ1n) is 6.09. The fourth-order valence-corrected chi connectivity index (χ4v) is 1.86. The Hall–Kier alpha value is -2.48. The fraction of sp³-hybridized carbons (Fsp3) is 0.0588. The zero-order valence-corrected chi connectivity index (χ0v) is 10.6. The summed E-state index contributed by atoms with van der Waals surface area (Å²) in [5.41, 5.74) is 3.18. The molecule has 0 saturated carbocycles. The highest BCUT2D eigenvalue weighted by molar-refractivity contribution is 5.82. The minimum atomic E-state index is 0.256. The molecule has 0 aliphatic rings. The van der Waals surface area contributed by atoms with Crippen molar-refractivity contribution in [1.82, 2.24) is 0 Å². The van der Waals surface area contributed by atoms with Crippen LogP contribution in [0.3, 0.4) is 0 Å². The Bertz CT molecular complexity index is 578. The van der Waals surface area contributed by atoms with E-state index in [1.807, 2.05) is 36.4 Å². The van der Waals surface area contributed by atoms with Crippen molar-refractivity contribution in [3.8, 4) is 11.5 Å². The van der Waals surface area contributed by atoms with E-state index in [1.165, 1.54) is 0 Å². The molecule has 0 fully saturated rings. The number of phenolic OH excluding ortho intramolecular Hbond substituents is 2. The first-order chi connectivity index (χ1) is 9.19. The maximum atomic E-state index is 9.32. The lowest BCUT2D eigenvalue weighted by atomic mass is 10.00. The SMILES string of the molecule is C=CC/C(=C\c1ccc(O)cc1)c1ccc(O)cc1. The van der Waals surface area contributed by atoms with Gasteiger partial charge in [-0.1, -0.05) is 36.4 Å². The number of hydrogen-bond donors (Lipinski definition) is 2. The molecule has 2 rings (SSSR count). The van der Waals surface area contributed by atoms with Crippen molar-refractivity contribution in [2.75, 3.05) is 0 Å². The first kappa shape index (κ1) is 13.0. The van der Waals surface area contributed by atoms with Crippen molar-refractivity contribution in [2.45, 2.75) is 6.42 Å². The van der Waals surface area contributed by atoms with Crippen molar-refractivity contribution in [1.29, 1.82) is 0 Å². The molecule has 0 unspecified atom stereocenters. The van der Waals surface area contributed by atoms with Gasteiger partial charge in [0.25, 0.3) is 0 Å². The molecule has 0 heterocycles. The van der Waals surface area contributed by atoms with Crippen LogP contribution in [-0.4, -0.2) is 10.2 Å². The van der Waals surface area contributed by atoms with Gasteiger partial charge in [-0.15, -0.1) is 6.58 Å². The van der Waals surface area contributed by atoms with Crippen LogP contribution in [0.5, 0.6) is 11.5 Å². The molecule has 0 spiro atoms. The monoisotopic (exact) mass is 252 g/mol. The van der Waals surface area contributed by atoms with Crippen LogP contribution in [0.15, 0.2) is 61.2 Å². The highest BCUT2D eigenvalue weighted by Crippen LogP contribution is 2.24. The van der Waals surface area contributed by atoms with Gasteiger partial charge in [-0.3, -0.25) is 0 Å². The zero-order valence-electron chi connectivity index (χ0n) is 10.6. The molecule has 0 atom stereocenters. The molecule has 2 heteroatoms. The maximum absolute atomic E-state index is 9.32. The van der Waals surface area contributed by atoms with E-state index in [2.05, 4.69) is 6.58 Å². The Balaban J connectivity index is 2.36. The standard InChI is InChI=1S/C17H16O2/c1-2-3-15(14-6-10-17(19)11-7-14)12-13-4-8-16(18)9-5-13/h2,4-12,18-19H,1,3H2/b15-12+. The second-order valence-corrected chi connectivity index (χ2v) is 4.30. The fourth-order valence-electron chi connectivity index (χ4n) is 1.86. The molecule has 19 heavy (non-hydrogen) atoms. The molecule has 96 valence electrons. The number of hydrogen-bond acceptors (Lipinski definition) is 2. The van der Waals surface area contributed by atoms with Gasteiger partial charge in [0.05, 0.1) is 0 Å². The summed E-state index contributed by atoms with van der Waals surface area (Å²) in [6.07, 6.45) is 4.64. The lowest BCUT2D eigenvalue weighted by molar-refractivity contribution is 0.474. The molecule has 2 nitrogen and oxygen atoms in total. The van der Waals surface area contributed by atoms with E-state index in [4.69, 9.17) is 0 Å². The number of phenols is 2. The average Bonchev–Trinajstić information content (AvgIpc) is 2.42. The Kier molecular flexibility index (Phi) is 4.04. The molecule has 0 radical (unpaired) electrons. The molecule has 0 aliphatic carbocycles. The van der Waals surface area contributed by atoms with Gasteiger partial charge in [0.2, 0.25) is 0 Å². The first-order valence-corrected chi connectivity index (χ1v) is 6.09. The molecule has 2 aromatic rings. The number of rotatable bonds is 4. The van der Waals surface area contributed by atoms with Gasteiger partial charge >= 0.3 is 0 Å². The van der Waals surface area contributed by atoms with Gasteiger partial charge in [-0.2, -0.15) is 0 Å². The summed E-state index contributed by atoms with van der Waals surface area (Å²) < 4.78 is 0. The third-order valence-electron chi connectivity index (χ3n) is 2.84. The summed E-state index contributed by atoms with van der Waals surface area (Å²) >= 11 is 0. The van der Waals surface area contributed by atoms with E-state index >= 15 is 0 Å². The highest BCUT2D eigenvalue weighted by Gasteiger charge is 2.01. The van der Waals surface area contributed by atoms with E-state index in [1.54, 1.807) is 24.3 Å². The van der Waals surface area contributed by atoms with Gasteiger partial charge in [-0.25, -0.2) is 0 Å². The van der Waals surface area contributed by atoms with Gasteiger partial charge < -0.3 is 10.2 Å². The Morgan fingerprint density at radius 2 is 1.42 bits per heavy atom. The number of aromatic hydroxyl groups is 2. The number of allylic oxidation sites excluding steroid dienone is 2. The lowest BCUT2D eigenvalue weighted by Gasteiger charge is -2.06. The van der Waals surface area contributed by atoms with Crippen LogP contribution in [0, 0.1) is 0 Å². The van der Waals surface area contributed by atoms with Crippen LogP contribution < -0.4 is 0 Å². The third-order valence-corrected chi connectivity index (χ3v) is 2.84. The van der Waals surface area contributed by atoms with E-state index < -0.39 is 0 Å². The van der Waals surface area contributed by atoms with Gasteiger partial charge in [0.15, 0.2) is 0 Å². The number of benzene rings is 2. The Morgan fingerprint density at radius 1 is 0.895 bits per heavy atom. The predicted molar refractivity (Wildman–Crippen MR) is 78.9 cm³/mol. The van der Waals surface area contributed by atoms with Crippen molar-refractivity contribution in [3.63, 3.8) is 0 Å². The summed E-state index contributed by atoms with van der Waals surface area (Å²) in [5.74, 6) is 0.512. The minimum Gasteiger partial charge on any atom is -0.508 e. The largest absolute Gasteiger partial charge is 0.508 e. The second-order valence-electron chi connectivity index (χ2n) is 4.30. The van der Waals surface area contributed by atoms with Crippen molar-refractivity contribution >= 4 is 11.6 Å². The summed E-state index contributed by atoms with van der Waals surface area (Å²) in [7, 11) is 0. The average molecular weight is 252 g/mol. The predicted octanol–water partition coefficient (Wildman–Crippen LogP) is 4.21. The van der Waals surface area contributed by atoms with Crippen LogP contribution >= 0.6 is 0 Å². The van der Waals surface area contributed by atoms with E-state index in [0.717, 1.165) is 23.1 Å². The molecule has 0 aromatic heterocycles. The van der Waals surface area contributed by atoms with Crippen molar-refractivity contribution in [2.24, 2.45) is 0 Å². The van der Waals surface area contributed by atoms with E-state index in [-0.39, 0.29) is 11.5 Å². The van der Waals surface area contributed by atoms with Crippen LogP contribution in [0.25, 0.3) is 11.6 Å². The van der Waals surface area contributed by atoms with Gasteiger partial charge in [-0.05, 0) is 47.4 Å². The minimum absolute atomic E-state index is 0.256. The molecule has 2 N–H and O–H groups in total. The molecule has 0 amide bonds. The molecule has 0 aliphatic heterocycles. The smallest absolute Gasteiger partial charge is 0.115 e. The summed E-state index contributed by atoms with van der Waals surface area (Å²) in [5, 5.41) is 18.6. The van der Waals surface area contributed by atoms with Crippen LogP contribution in [0.4, 0.5) is 0 Å².